The lowest BCUT2D eigenvalue weighted by molar-refractivity contribution is 0.184. The molecule has 2 aromatic rings. The highest BCUT2D eigenvalue weighted by molar-refractivity contribution is 5.31. The highest BCUT2D eigenvalue weighted by Gasteiger charge is 2.09. The summed E-state index contributed by atoms with van der Waals surface area (Å²) in [5, 5.41) is 10.2. The summed E-state index contributed by atoms with van der Waals surface area (Å²) in [6.45, 7) is 0.599. The molecule has 17 heavy (non-hydrogen) atoms. The Morgan fingerprint density at radius 3 is 2.12 bits per heavy atom. The molecule has 2 rings (SSSR count). The van der Waals surface area contributed by atoms with Crippen molar-refractivity contribution in [2.24, 2.45) is 0 Å². The topological polar surface area (TPSA) is 29.5 Å². The van der Waals surface area contributed by atoms with Crippen molar-refractivity contribution in [3.63, 3.8) is 0 Å². The van der Waals surface area contributed by atoms with Crippen LogP contribution in [-0.4, -0.2) is 12.2 Å². The minimum absolute atomic E-state index is 0.562. The monoisotopic (exact) mass is 228 g/mol. The van der Waals surface area contributed by atoms with Gasteiger partial charge in [-0.05, 0) is 16.7 Å². The van der Waals surface area contributed by atoms with Crippen LogP contribution in [0.15, 0.2) is 54.6 Å². The van der Waals surface area contributed by atoms with Gasteiger partial charge in [0.05, 0.1) is 6.61 Å². The normalized spacial score (nSPS) is 12.4. The molecular weight excluding hydrogens is 212 g/mol. The van der Waals surface area contributed by atoms with Crippen molar-refractivity contribution in [1.29, 1.82) is 0 Å². The van der Waals surface area contributed by atoms with Gasteiger partial charge in [-0.2, -0.15) is 0 Å². The van der Waals surface area contributed by atoms with Gasteiger partial charge in [0.25, 0.3) is 0 Å². The van der Waals surface area contributed by atoms with Crippen molar-refractivity contribution in [2.75, 3.05) is 7.11 Å². The molecule has 0 aromatic heterocycles. The van der Waals surface area contributed by atoms with Gasteiger partial charge in [-0.1, -0.05) is 54.6 Å². The van der Waals surface area contributed by atoms with E-state index < -0.39 is 6.10 Å². The first-order valence-electron chi connectivity index (χ1n) is 5.62. The van der Waals surface area contributed by atoms with E-state index in [2.05, 4.69) is 0 Å². The Kier molecular flexibility index (Phi) is 3.91. The van der Waals surface area contributed by atoms with Crippen LogP contribution in [0.3, 0.4) is 0 Å². The molecule has 0 aliphatic rings. The van der Waals surface area contributed by atoms with Crippen molar-refractivity contribution in [3.05, 3.63) is 71.3 Å². The average molecular weight is 228 g/mol. The Labute approximate surface area is 101 Å². The lowest BCUT2D eigenvalue weighted by atomic mass is 10.0. The molecule has 0 saturated carbocycles. The van der Waals surface area contributed by atoms with Gasteiger partial charge in [-0.3, -0.25) is 0 Å². The van der Waals surface area contributed by atoms with Gasteiger partial charge in [0.1, 0.15) is 6.10 Å². The quantitative estimate of drug-likeness (QED) is 0.871. The van der Waals surface area contributed by atoms with Crippen molar-refractivity contribution >= 4 is 0 Å². The predicted molar refractivity (Wildman–Crippen MR) is 67.7 cm³/mol. The Balaban J connectivity index is 2.17. The fourth-order valence-electron chi connectivity index (χ4n) is 1.79. The van der Waals surface area contributed by atoms with Crippen LogP contribution in [0.2, 0.25) is 0 Å². The lowest BCUT2D eigenvalue weighted by Gasteiger charge is -2.11. The molecule has 0 saturated heterocycles. The van der Waals surface area contributed by atoms with Gasteiger partial charge < -0.3 is 9.84 Å². The molecule has 0 aliphatic carbocycles. The van der Waals surface area contributed by atoms with Crippen molar-refractivity contribution in [1.82, 2.24) is 0 Å². The Hall–Kier alpha value is -1.64. The standard InChI is InChI=1S/C15H16O2/c1-17-11-12-7-9-14(10-8-12)15(16)13-5-3-2-4-6-13/h2-10,15-16H,11H2,1H3. The van der Waals surface area contributed by atoms with Crippen LogP contribution in [-0.2, 0) is 11.3 Å². The molecule has 0 aliphatic heterocycles. The summed E-state index contributed by atoms with van der Waals surface area (Å²) in [6, 6.07) is 17.5. The van der Waals surface area contributed by atoms with Crippen LogP contribution in [0.5, 0.6) is 0 Å². The zero-order valence-electron chi connectivity index (χ0n) is 9.84. The number of methoxy groups -OCH3 is 1. The molecule has 88 valence electrons. The van der Waals surface area contributed by atoms with E-state index in [0.717, 1.165) is 16.7 Å². The Morgan fingerprint density at radius 1 is 0.941 bits per heavy atom. The minimum atomic E-state index is -0.562. The van der Waals surface area contributed by atoms with Gasteiger partial charge in [0.2, 0.25) is 0 Å². The van der Waals surface area contributed by atoms with Gasteiger partial charge in [-0.25, -0.2) is 0 Å². The first-order valence-corrected chi connectivity index (χ1v) is 5.62. The van der Waals surface area contributed by atoms with Crippen LogP contribution in [0, 0.1) is 0 Å². The minimum Gasteiger partial charge on any atom is -0.384 e. The van der Waals surface area contributed by atoms with Gasteiger partial charge >= 0.3 is 0 Å². The molecule has 0 spiro atoms. The average Bonchev–Trinajstić information content (AvgIpc) is 2.40. The second-order valence-corrected chi connectivity index (χ2v) is 3.99. The number of benzene rings is 2. The van der Waals surface area contributed by atoms with Crippen LogP contribution in [0.25, 0.3) is 0 Å². The predicted octanol–water partition coefficient (Wildman–Crippen LogP) is 2.91. The van der Waals surface area contributed by atoms with Crippen LogP contribution in [0.1, 0.15) is 22.8 Å². The molecule has 0 bridgehead atoms. The molecule has 2 heteroatoms. The van der Waals surface area contributed by atoms with Crippen molar-refractivity contribution < 1.29 is 9.84 Å². The number of aliphatic hydroxyl groups excluding tert-OH is 1. The van der Waals surface area contributed by atoms with E-state index >= 15 is 0 Å². The maximum absolute atomic E-state index is 10.2. The molecule has 0 fully saturated rings. The third-order valence-electron chi connectivity index (χ3n) is 2.72. The molecular formula is C15H16O2. The van der Waals surface area contributed by atoms with Crippen molar-refractivity contribution in [3.8, 4) is 0 Å². The van der Waals surface area contributed by atoms with E-state index in [1.807, 2.05) is 54.6 Å². The van der Waals surface area contributed by atoms with Crippen LogP contribution in [0.4, 0.5) is 0 Å². The fraction of sp³-hybridized carbons (Fsp3) is 0.200. The summed E-state index contributed by atoms with van der Waals surface area (Å²) >= 11 is 0. The van der Waals surface area contributed by atoms with Gasteiger partial charge in [0, 0.05) is 7.11 Å². The maximum atomic E-state index is 10.2. The first-order chi connectivity index (χ1) is 8.31. The van der Waals surface area contributed by atoms with E-state index in [4.69, 9.17) is 4.74 Å². The molecule has 0 radical (unpaired) electrons. The molecule has 1 N–H and O–H groups in total. The summed E-state index contributed by atoms with van der Waals surface area (Å²) < 4.78 is 5.05. The summed E-state index contributed by atoms with van der Waals surface area (Å²) in [5.74, 6) is 0. The molecule has 2 nitrogen and oxygen atoms in total. The first kappa shape index (κ1) is 11.8. The Bertz CT molecular complexity index is 448. The number of aliphatic hydroxyl groups is 1. The molecule has 0 amide bonds. The number of rotatable bonds is 4. The second kappa shape index (κ2) is 5.62. The van der Waals surface area contributed by atoms with E-state index in [1.54, 1.807) is 7.11 Å². The van der Waals surface area contributed by atoms with E-state index in [-0.39, 0.29) is 0 Å². The molecule has 1 unspecified atom stereocenters. The summed E-state index contributed by atoms with van der Waals surface area (Å²) in [5.41, 5.74) is 2.92. The van der Waals surface area contributed by atoms with E-state index in [0.29, 0.717) is 6.61 Å². The summed E-state index contributed by atoms with van der Waals surface area (Å²) in [7, 11) is 1.67. The summed E-state index contributed by atoms with van der Waals surface area (Å²) in [4.78, 5) is 0. The zero-order chi connectivity index (χ0) is 12.1. The van der Waals surface area contributed by atoms with Crippen LogP contribution >= 0.6 is 0 Å². The molecule has 0 heterocycles. The smallest absolute Gasteiger partial charge is 0.104 e. The van der Waals surface area contributed by atoms with Gasteiger partial charge in [-0.15, -0.1) is 0 Å². The highest BCUT2D eigenvalue weighted by Crippen LogP contribution is 2.21. The third kappa shape index (κ3) is 2.93. The molecule has 1 atom stereocenters. The lowest BCUT2D eigenvalue weighted by Crippen LogP contribution is -1.99. The zero-order valence-corrected chi connectivity index (χ0v) is 9.84. The Morgan fingerprint density at radius 2 is 1.53 bits per heavy atom. The highest BCUT2D eigenvalue weighted by atomic mass is 16.5. The molecule has 2 aromatic carbocycles. The summed E-state index contributed by atoms with van der Waals surface area (Å²) in [6.07, 6.45) is -0.562. The maximum Gasteiger partial charge on any atom is 0.104 e. The number of hydrogen-bond acceptors (Lipinski definition) is 2. The number of hydrogen-bond donors (Lipinski definition) is 1. The number of ether oxygens (including phenoxy) is 1. The largest absolute Gasteiger partial charge is 0.384 e. The third-order valence-corrected chi connectivity index (χ3v) is 2.72. The van der Waals surface area contributed by atoms with Crippen LogP contribution < -0.4 is 0 Å². The fourth-order valence-corrected chi connectivity index (χ4v) is 1.79. The van der Waals surface area contributed by atoms with E-state index in [1.165, 1.54) is 0 Å². The second-order valence-electron chi connectivity index (χ2n) is 3.99. The van der Waals surface area contributed by atoms with E-state index in [9.17, 15) is 5.11 Å². The van der Waals surface area contributed by atoms with Gasteiger partial charge in [0.15, 0.2) is 0 Å². The SMILES string of the molecule is COCc1ccc(C(O)c2ccccc2)cc1. The van der Waals surface area contributed by atoms with Crippen molar-refractivity contribution in [2.45, 2.75) is 12.7 Å².